The Morgan fingerprint density at radius 3 is 2.80 bits per heavy atom. The number of hydrogen-bond donors (Lipinski definition) is 1. The number of hydrogen-bond acceptors (Lipinski definition) is 2. The fourth-order valence-electron chi connectivity index (χ4n) is 2.71. The molecule has 3 nitrogen and oxygen atoms in total. The number of amides is 1. The van der Waals surface area contributed by atoms with Gasteiger partial charge in [0.05, 0.1) is 0 Å². The highest BCUT2D eigenvalue weighted by molar-refractivity contribution is 5.94. The molecule has 0 aromatic heterocycles. The van der Waals surface area contributed by atoms with Gasteiger partial charge in [0.2, 0.25) is 0 Å². The van der Waals surface area contributed by atoms with Crippen LogP contribution in [0.5, 0.6) is 0 Å². The van der Waals surface area contributed by atoms with Gasteiger partial charge in [-0.15, -0.1) is 0 Å². The summed E-state index contributed by atoms with van der Waals surface area (Å²) in [5.74, 6) is 5.50. The minimum Gasteiger partial charge on any atom is -0.384 e. The van der Waals surface area contributed by atoms with Crippen LogP contribution in [0.4, 0.5) is 0 Å². The lowest BCUT2D eigenvalue weighted by atomic mass is 9.94. The maximum absolute atomic E-state index is 12.5. The van der Waals surface area contributed by atoms with Crippen molar-refractivity contribution in [1.82, 2.24) is 4.90 Å². The number of carbonyl (C=O) groups is 1. The van der Waals surface area contributed by atoms with Gasteiger partial charge >= 0.3 is 0 Å². The summed E-state index contributed by atoms with van der Waals surface area (Å²) in [5.41, 5.74) is 1.43. The van der Waals surface area contributed by atoms with Gasteiger partial charge < -0.3 is 10.0 Å². The lowest BCUT2D eigenvalue weighted by Gasteiger charge is -2.31. The Hall–Kier alpha value is -1.79. The number of benzene rings is 1. The Bertz CT molecular complexity index is 521. The fraction of sp³-hybridized carbons (Fsp3) is 0.471. The molecule has 1 amide bonds. The number of nitrogens with zero attached hydrogens (tertiary/aromatic N) is 1. The minimum atomic E-state index is -0.167. The van der Waals surface area contributed by atoms with Crippen LogP contribution in [-0.4, -0.2) is 35.6 Å². The second-order valence-electron chi connectivity index (χ2n) is 5.25. The average Bonchev–Trinajstić information content (AvgIpc) is 2.52. The molecule has 0 spiro atoms. The molecule has 1 aliphatic rings. The second-order valence-corrected chi connectivity index (χ2v) is 5.25. The molecule has 0 bridgehead atoms. The van der Waals surface area contributed by atoms with Crippen LogP contribution < -0.4 is 0 Å². The summed E-state index contributed by atoms with van der Waals surface area (Å²) in [4.78, 5) is 14.4. The predicted molar refractivity (Wildman–Crippen MR) is 79.4 cm³/mol. The first-order valence-electron chi connectivity index (χ1n) is 7.19. The molecular formula is C17H21NO2. The molecule has 3 heteroatoms. The van der Waals surface area contributed by atoms with Crippen LogP contribution >= 0.6 is 0 Å². The van der Waals surface area contributed by atoms with Gasteiger partial charge in [-0.3, -0.25) is 4.79 Å². The van der Waals surface area contributed by atoms with Crippen molar-refractivity contribution in [2.45, 2.75) is 38.1 Å². The first-order chi connectivity index (χ1) is 9.72. The quantitative estimate of drug-likeness (QED) is 0.839. The van der Waals surface area contributed by atoms with Crippen LogP contribution in [0.3, 0.4) is 0 Å². The lowest BCUT2D eigenvalue weighted by Crippen LogP contribution is -2.38. The number of aliphatic hydroxyl groups excluding tert-OH is 1. The number of aliphatic hydroxyl groups is 1. The Balaban J connectivity index is 2.11. The molecule has 1 aromatic rings. The molecule has 0 radical (unpaired) electrons. The smallest absolute Gasteiger partial charge is 0.253 e. The first kappa shape index (κ1) is 14.6. The van der Waals surface area contributed by atoms with Gasteiger partial charge in [-0.25, -0.2) is 0 Å². The van der Waals surface area contributed by atoms with E-state index in [4.69, 9.17) is 5.11 Å². The highest BCUT2D eigenvalue weighted by Crippen LogP contribution is 2.23. The van der Waals surface area contributed by atoms with E-state index >= 15 is 0 Å². The Kier molecular flexibility index (Phi) is 5.20. The largest absolute Gasteiger partial charge is 0.384 e. The Labute approximate surface area is 120 Å². The molecule has 2 rings (SSSR count). The SMILES string of the molecule is CN(C(=O)c1cccc(C#CCO)c1)C1CCCCC1. The maximum Gasteiger partial charge on any atom is 0.253 e. The molecule has 1 N–H and O–H groups in total. The third kappa shape index (κ3) is 3.61. The highest BCUT2D eigenvalue weighted by Gasteiger charge is 2.22. The van der Waals surface area contributed by atoms with Crippen LogP contribution in [-0.2, 0) is 0 Å². The zero-order valence-electron chi connectivity index (χ0n) is 11.9. The predicted octanol–water partition coefficient (Wildman–Crippen LogP) is 2.44. The van der Waals surface area contributed by atoms with Crippen molar-refractivity contribution in [2.24, 2.45) is 0 Å². The van der Waals surface area contributed by atoms with Crippen molar-refractivity contribution in [1.29, 1.82) is 0 Å². The second kappa shape index (κ2) is 7.12. The van der Waals surface area contributed by atoms with E-state index in [0.29, 0.717) is 11.6 Å². The lowest BCUT2D eigenvalue weighted by molar-refractivity contribution is 0.0696. The van der Waals surface area contributed by atoms with Crippen LogP contribution in [0, 0.1) is 11.8 Å². The van der Waals surface area contributed by atoms with Gasteiger partial charge in [0.15, 0.2) is 0 Å². The fourth-order valence-corrected chi connectivity index (χ4v) is 2.71. The van der Waals surface area contributed by atoms with E-state index in [9.17, 15) is 4.79 Å². The van der Waals surface area contributed by atoms with E-state index < -0.39 is 0 Å². The summed E-state index contributed by atoms with van der Waals surface area (Å²) < 4.78 is 0. The van der Waals surface area contributed by atoms with Crippen molar-refractivity contribution >= 4 is 5.91 Å². The molecule has 0 atom stereocenters. The van der Waals surface area contributed by atoms with Crippen LogP contribution in [0.2, 0.25) is 0 Å². The Morgan fingerprint density at radius 2 is 2.10 bits per heavy atom. The van der Waals surface area contributed by atoms with Crippen molar-refractivity contribution in [3.05, 3.63) is 35.4 Å². The van der Waals surface area contributed by atoms with Crippen molar-refractivity contribution < 1.29 is 9.90 Å². The van der Waals surface area contributed by atoms with Crippen LogP contribution in [0.25, 0.3) is 0 Å². The van der Waals surface area contributed by atoms with Crippen LogP contribution in [0.1, 0.15) is 48.0 Å². The van der Waals surface area contributed by atoms with Crippen LogP contribution in [0.15, 0.2) is 24.3 Å². The van der Waals surface area contributed by atoms with Gasteiger partial charge in [-0.05, 0) is 31.0 Å². The van der Waals surface area contributed by atoms with E-state index in [0.717, 1.165) is 18.4 Å². The van der Waals surface area contributed by atoms with E-state index in [1.807, 2.05) is 30.1 Å². The van der Waals surface area contributed by atoms with Crippen molar-refractivity contribution in [3.8, 4) is 11.8 Å². The number of rotatable bonds is 2. The molecular weight excluding hydrogens is 250 g/mol. The van der Waals surface area contributed by atoms with Gasteiger partial charge in [0.1, 0.15) is 6.61 Å². The molecule has 1 aromatic carbocycles. The topological polar surface area (TPSA) is 40.5 Å². The monoisotopic (exact) mass is 271 g/mol. The molecule has 106 valence electrons. The summed E-state index contributed by atoms with van der Waals surface area (Å²) in [7, 11) is 1.89. The summed E-state index contributed by atoms with van der Waals surface area (Å²) >= 11 is 0. The van der Waals surface area contributed by atoms with E-state index in [1.165, 1.54) is 19.3 Å². The van der Waals surface area contributed by atoms with Crippen molar-refractivity contribution in [3.63, 3.8) is 0 Å². The maximum atomic E-state index is 12.5. The Morgan fingerprint density at radius 1 is 1.35 bits per heavy atom. The summed E-state index contributed by atoms with van der Waals surface area (Å²) in [5, 5.41) is 8.72. The molecule has 0 unspecified atom stereocenters. The van der Waals surface area contributed by atoms with Gasteiger partial charge in [-0.2, -0.15) is 0 Å². The molecule has 0 aliphatic heterocycles. The van der Waals surface area contributed by atoms with Crippen molar-refractivity contribution in [2.75, 3.05) is 13.7 Å². The number of carbonyl (C=O) groups excluding carboxylic acids is 1. The summed E-state index contributed by atoms with van der Waals surface area (Å²) in [6.07, 6.45) is 5.91. The molecule has 0 heterocycles. The zero-order valence-corrected chi connectivity index (χ0v) is 11.9. The molecule has 1 fully saturated rings. The van der Waals surface area contributed by atoms with E-state index in [1.54, 1.807) is 6.07 Å². The van der Waals surface area contributed by atoms with Gasteiger partial charge in [0.25, 0.3) is 5.91 Å². The van der Waals surface area contributed by atoms with E-state index in [-0.39, 0.29) is 12.5 Å². The molecule has 1 saturated carbocycles. The zero-order chi connectivity index (χ0) is 14.4. The third-order valence-corrected chi connectivity index (χ3v) is 3.86. The molecule has 0 saturated heterocycles. The molecule has 20 heavy (non-hydrogen) atoms. The van der Waals surface area contributed by atoms with Gasteiger partial charge in [-0.1, -0.05) is 37.2 Å². The normalized spacial score (nSPS) is 15.3. The highest BCUT2D eigenvalue weighted by atomic mass is 16.2. The average molecular weight is 271 g/mol. The van der Waals surface area contributed by atoms with E-state index in [2.05, 4.69) is 11.8 Å². The summed E-state index contributed by atoms with van der Waals surface area (Å²) in [6, 6.07) is 7.67. The van der Waals surface area contributed by atoms with Gasteiger partial charge in [0, 0.05) is 24.2 Å². The molecule has 1 aliphatic carbocycles. The minimum absolute atomic E-state index is 0.0598. The standard InChI is InChI=1S/C17H21NO2/c1-18(16-10-3-2-4-11-16)17(20)15-9-5-7-14(13-15)8-6-12-19/h5,7,9,13,16,19H,2-4,10-12H2,1H3. The summed E-state index contributed by atoms with van der Waals surface area (Å²) in [6.45, 7) is -0.167. The first-order valence-corrected chi connectivity index (χ1v) is 7.19. The third-order valence-electron chi connectivity index (χ3n) is 3.86.